The summed E-state index contributed by atoms with van der Waals surface area (Å²) in [5.41, 5.74) is 1.10. The summed E-state index contributed by atoms with van der Waals surface area (Å²) in [5.74, 6) is 0.493. The van der Waals surface area contributed by atoms with Crippen molar-refractivity contribution >= 4 is 10.0 Å². The Bertz CT molecular complexity index is 834. The maximum absolute atomic E-state index is 12.4. The first-order valence-corrected chi connectivity index (χ1v) is 9.51. The fourth-order valence-corrected chi connectivity index (χ4v) is 4.11. The lowest BCUT2D eigenvalue weighted by molar-refractivity contribution is 0.00218. The van der Waals surface area contributed by atoms with Gasteiger partial charge in [0, 0.05) is 18.5 Å². The Labute approximate surface area is 142 Å². The molecule has 0 saturated carbocycles. The standard InChI is InChI=1S/C18H21NO4S/c1-14-5-4-6-15(11-14)12-24(21,22)19-13-18(20)9-10-23-17-8-3-2-7-16(17)18/h2-8,11,19-20H,9-10,12-13H2,1H3/t18-/m0/s1. The Balaban J connectivity index is 1.73. The second-order valence-electron chi connectivity index (χ2n) is 6.20. The van der Waals surface area contributed by atoms with Gasteiger partial charge in [0.25, 0.3) is 0 Å². The van der Waals surface area contributed by atoms with Gasteiger partial charge in [-0.3, -0.25) is 0 Å². The van der Waals surface area contributed by atoms with Gasteiger partial charge < -0.3 is 9.84 Å². The van der Waals surface area contributed by atoms with E-state index in [9.17, 15) is 13.5 Å². The third kappa shape index (κ3) is 3.77. The van der Waals surface area contributed by atoms with Gasteiger partial charge in [0.1, 0.15) is 11.4 Å². The van der Waals surface area contributed by atoms with Gasteiger partial charge in [-0.05, 0) is 18.6 Å². The molecule has 3 rings (SSSR count). The average Bonchev–Trinajstić information content (AvgIpc) is 2.53. The van der Waals surface area contributed by atoms with Crippen molar-refractivity contribution in [3.63, 3.8) is 0 Å². The number of fused-ring (bicyclic) bond motifs is 1. The number of para-hydroxylation sites is 1. The molecule has 0 unspecified atom stereocenters. The van der Waals surface area contributed by atoms with Crippen LogP contribution in [0.2, 0.25) is 0 Å². The molecule has 2 aromatic carbocycles. The molecule has 128 valence electrons. The summed E-state index contributed by atoms with van der Waals surface area (Å²) in [7, 11) is -3.54. The van der Waals surface area contributed by atoms with Gasteiger partial charge in [0.15, 0.2) is 0 Å². The molecule has 0 aromatic heterocycles. The van der Waals surface area contributed by atoms with Crippen LogP contribution in [0.3, 0.4) is 0 Å². The highest BCUT2D eigenvalue weighted by Crippen LogP contribution is 2.36. The Morgan fingerprint density at radius 2 is 2.00 bits per heavy atom. The molecule has 0 fully saturated rings. The van der Waals surface area contributed by atoms with Gasteiger partial charge in [0.05, 0.1) is 12.4 Å². The highest BCUT2D eigenvalue weighted by Gasteiger charge is 2.36. The van der Waals surface area contributed by atoms with Crippen LogP contribution in [0.15, 0.2) is 48.5 Å². The van der Waals surface area contributed by atoms with Crippen LogP contribution < -0.4 is 9.46 Å². The molecule has 6 heteroatoms. The lowest BCUT2D eigenvalue weighted by Gasteiger charge is -2.34. The largest absolute Gasteiger partial charge is 0.493 e. The summed E-state index contributed by atoms with van der Waals surface area (Å²) in [6.07, 6.45) is 0.344. The van der Waals surface area contributed by atoms with Gasteiger partial charge in [-0.15, -0.1) is 0 Å². The van der Waals surface area contributed by atoms with Crippen LogP contribution in [0.25, 0.3) is 0 Å². The smallest absolute Gasteiger partial charge is 0.215 e. The fraction of sp³-hybridized carbons (Fsp3) is 0.333. The zero-order valence-corrected chi connectivity index (χ0v) is 14.3. The maximum atomic E-state index is 12.4. The molecule has 2 N–H and O–H groups in total. The number of aliphatic hydroxyl groups is 1. The van der Waals surface area contributed by atoms with Crippen LogP contribution in [-0.2, 0) is 21.4 Å². The van der Waals surface area contributed by atoms with Crippen molar-refractivity contribution in [2.45, 2.75) is 24.7 Å². The highest BCUT2D eigenvalue weighted by atomic mass is 32.2. The molecule has 0 radical (unpaired) electrons. The molecule has 1 atom stereocenters. The van der Waals surface area contributed by atoms with E-state index in [4.69, 9.17) is 4.74 Å². The van der Waals surface area contributed by atoms with Crippen molar-refractivity contribution in [2.75, 3.05) is 13.2 Å². The van der Waals surface area contributed by atoms with E-state index in [2.05, 4.69) is 4.72 Å². The maximum Gasteiger partial charge on any atom is 0.215 e. The first kappa shape index (κ1) is 17.0. The summed E-state index contributed by atoms with van der Waals surface area (Å²) in [6.45, 7) is 2.21. The normalized spacial score (nSPS) is 20.2. The predicted molar refractivity (Wildman–Crippen MR) is 92.3 cm³/mol. The minimum atomic E-state index is -3.54. The van der Waals surface area contributed by atoms with E-state index in [1.54, 1.807) is 24.3 Å². The predicted octanol–water partition coefficient (Wildman–Crippen LogP) is 2.08. The van der Waals surface area contributed by atoms with E-state index in [0.717, 1.165) is 11.1 Å². The van der Waals surface area contributed by atoms with Gasteiger partial charge in [-0.2, -0.15) is 0 Å². The van der Waals surface area contributed by atoms with E-state index in [-0.39, 0.29) is 12.3 Å². The highest BCUT2D eigenvalue weighted by molar-refractivity contribution is 7.88. The Morgan fingerprint density at radius 3 is 2.79 bits per heavy atom. The lowest BCUT2D eigenvalue weighted by atomic mass is 9.88. The van der Waals surface area contributed by atoms with Crippen LogP contribution in [0, 0.1) is 6.92 Å². The van der Waals surface area contributed by atoms with Crippen LogP contribution in [0.1, 0.15) is 23.1 Å². The van der Waals surface area contributed by atoms with Crippen molar-refractivity contribution in [1.82, 2.24) is 4.72 Å². The molecule has 2 aromatic rings. The first-order chi connectivity index (χ1) is 11.4. The molecule has 5 nitrogen and oxygen atoms in total. The molecule has 24 heavy (non-hydrogen) atoms. The number of sulfonamides is 1. The summed E-state index contributed by atoms with van der Waals surface area (Å²) in [4.78, 5) is 0. The first-order valence-electron chi connectivity index (χ1n) is 7.86. The topological polar surface area (TPSA) is 75.6 Å². The Morgan fingerprint density at radius 1 is 1.21 bits per heavy atom. The van der Waals surface area contributed by atoms with Gasteiger partial charge >= 0.3 is 0 Å². The monoisotopic (exact) mass is 347 g/mol. The fourth-order valence-electron chi connectivity index (χ4n) is 2.93. The van der Waals surface area contributed by atoms with Crippen molar-refractivity contribution in [3.05, 3.63) is 65.2 Å². The number of nitrogens with one attached hydrogen (secondary N) is 1. The Kier molecular flexibility index (Phi) is 4.62. The van der Waals surface area contributed by atoms with Crippen molar-refractivity contribution in [2.24, 2.45) is 0 Å². The molecule has 0 saturated heterocycles. The number of aryl methyl sites for hydroxylation is 1. The third-order valence-electron chi connectivity index (χ3n) is 4.19. The second kappa shape index (κ2) is 6.55. The van der Waals surface area contributed by atoms with Crippen LogP contribution in [-0.4, -0.2) is 26.7 Å². The van der Waals surface area contributed by atoms with Gasteiger partial charge in [-0.1, -0.05) is 48.0 Å². The average molecular weight is 347 g/mol. The minimum Gasteiger partial charge on any atom is -0.493 e. The van der Waals surface area contributed by atoms with E-state index < -0.39 is 15.6 Å². The molecule has 0 amide bonds. The second-order valence-corrected chi connectivity index (χ2v) is 8.00. The summed E-state index contributed by atoms with van der Waals surface area (Å²) >= 11 is 0. The SMILES string of the molecule is Cc1cccc(CS(=O)(=O)NC[C@@]2(O)CCOc3ccccc32)c1. The summed E-state index contributed by atoms with van der Waals surface area (Å²) in [6, 6.07) is 14.6. The quantitative estimate of drug-likeness (QED) is 0.868. The van der Waals surface area contributed by atoms with E-state index >= 15 is 0 Å². The van der Waals surface area contributed by atoms with Gasteiger partial charge in [-0.25, -0.2) is 13.1 Å². The summed E-state index contributed by atoms with van der Waals surface area (Å²) < 4.78 is 32.8. The van der Waals surface area contributed by atoms with Crippen LogP contribution >= 0.6 is 0 Å². The minimum absolute atomic E-state index is 0.0679. The molecule has 1 aliphatic rings. The summed E-state index contributed by atoms with van der Waals surface area (Å²) in [5, 5.41) is 10.9. The molecular formula is C18H21NO4S. The number of hydrogen-bond donors (Lipinski definition) is 2. The molecule has 0 bridgehead atoms. The van der Waals surface area contributed by atoms with Crippen molar-refractivity contribution in [1.29, 1.82) is 0 Å². The third-order valence-corrected chi connectivity index (χ3v) is 5.48. The number of hydrogen-bond acceptors (Lipinski definition) is 4. The van der Waals surface area contributed by atoms with E-state index in [1.807, 2.05) is 31.2 Å². The molecular weight excluding hydrogens is 326 g/mol. The molecule has 0 spiro atoms. The zero-order chi connectivity index (χ0) is 17.2. The van der Waals surface area contributed by atoms with E-state index in [0.29, 0.717) is 24.3 Å². The number of rotatable bonds is 5. The van der Waals surface area contributed by atoms with Gasteiger partial charge in [0.2, 0.25) is 10.0 Å². The molecule has 1 heterocycles. The Hall–Kier alpha value is -1.89. The molecule has 0 aliphatic carbocycles. The number of benzene rings is 2. The molecule has 1 aliphatic heterocycles. The van der Waals surface area contributed by atoms with Crippen LogP contribution in [0.4, 0.5) is 0 Å². The van der Waals surface area contributed by atoms with E-state index in [1.165, 1.54) is 0 Å². The van der Waals surface area contributed by atoms with Crippen molar-refractivity contribution < 1.29 is 18.3 Å². The van der Waals surface area contributed by atoms with Crippen LogP contribution in [0.5, 0.6) is 5.75 Å². The zero-order valence-electron chi connectivity index (χ0n) is 13.5. The van der Waals surface area contributed by atoms with Crippen molar-refractivity contribution in [3.8, 4) is 5.75 Å². The lowest BCUT2D eigenvalue weighted by Crippen LogP contribution is -2.44. The number of ether oxygens (including phenoxy) is 1.